The molecular weight excluding hydrogens is 692 g/mol. The van der Waals surface area contributed by atoms with Gasteiger partial charge in [0.1, 0.15) is 17.2 Å². The van der Waals surface area contributed by atoms with Crippen LogP contribution in [0.1, 0.15) is 88.5 Å². The Balaban J connectivity index is 0.796. The first-order valence-corrected chi connectivity index (χ1v) is 20.1. The zero-order valence-electron chi connectivity index (χ0n) is 31.3. The van der Waals surface area contributed by atoms with Crippen molar-refractivity contribution in [1.29, 1.82) is 0 Å². The lowest BCUT2D eigenvalue weighted by Crippen LogP contribution is -2.53. The number of piperidine rings is 1. The van der Waals surface area contributed by atoms with Crippen molar-refractivity contribution in [1.82, 2.24) is 9.80 Å². The van der Waals surface area contributed by atoms with Gasteiger partial charge in [0.15, 0.2) is 5.78 Å². The van der Waals surface area contributed by atoms with E-state index in [9.17, 15) is 19.5 Å². The number of rotatable bonds is 7. The molecule has 9 heteroatoms. The molecule has 8 nitrogen and oxygen atoms in total. The number of phenolic OH excluding ortho intramolecular Hbond substituents is 1. The predicted octanol–water partition coefficient (Wildman–Crippen LogP) is 7.03. The van der Waals surface area contributed by atoms with Gasteiger partial charge >= 0.3 is 0 Å². The number of anilines is 2. The van der Waals surface area contributed by atoms with Gasteiger partial charge in [-0.15, -0.1) is 0 Å². The van der Waals surface area contributed by atoms with Crippen molar-refractivity contribution in [2.75, 3.05) is 55.6 Å². The van der Waals surface area contributed by atoms with Crippen molar-refractivity contribution in [3.8, 4) is 5.75 Å². The summed E-state index contributed by atoms with van der Waals surface area (Å²) in [5.74, 6) is 0.557. The number of alkyl halides is 1. The van der Waals surface area contributed by atoms with Gasteiger partial charge in [-0.2, -0.15) is 0 Å². The lowest BCUT2D eigenvalue weighted by molar-refractivity contribution is -0.133. The molecule has 9 rings (SSSR count). The lowest BCUT2D eigenvalue weighted by atomic mass is 9.69. The molecule has 3 atom stereocenters. The highest BCUT2D eigenvalue weighted by atomic mass is 19.1. The molecule has 0 radical (unpaired) electrons. The molecule has 3 fully saturated rings. The molecule has 5 aliphatic rings. The Morgan fingerprint density at radius 2 is 1.44 bits per heavy atom. The maximum absolute atomic E-state index is 16.4. The number of carbonyl (C=O) groups excluding carboxylic acids is 3. The van der Waals surface area contributed by atoms with E-state index in [2.05, 4.69) is 81.4 Å². The number of nitrogens with zero attached hydrogens (tertiary/aromatic N) is 4. The Morgan fingerprint density at radius 1 is 0.709 bits per heavy atom. The zero-order chi connectivity index (χ0) is 37.7. The number of piperazine rings is 1. The van der Waals surface area contributed by atoms with Crippen LogP contribution < -0.4 is 9.80 Å². The molecule has 1 unspecified atom stereocenters. The Morgan fingerprint density at radius 3 is 2.18 bits per heavy atom. The first kappa shape index (κ1) is 35.7. The van der Waals surface area contributed by atoms with Crippen LogP contribution >= 0.6 is 0 Å². The van der Waals surface area contributed by atoms with Crippen LogP contribution in [0.15, 0.2) is 91.0 Å². The number of carbonyl (C=O) groups is 3. The molecule has 55 heavy (non-hydrogen) atoms. The van der Waals surface area contributed by atoms with Crippen molar-refractivity contribution < 1.29 is 23.9 Å². The molecule has 4 aromatic rings. The van der Waals surface area contributed by atoms with E-state index in [-0.39, 0.29) is 29.8 Å². The second-order valence-electron chi connectivity index (χ2n) is 16.4. The fraction of sp³-hybridized carbons (Fsp3) is 0.413. The Kier molecular flexibility index (Phi) is 9.45. The summed E-state index contributed by atoms with van der Waals surface area (Å²) < 4.78 is 16.4. The standard InChI is InChI=1S/C46H49FN4O4/c47-46(30-48-22-24-50(25-23-48)36-11-15-41-34(26-36)29-51(45(41)55)42-17-13-38(53)28-43(42)54)18-20-49(21-19-46)35-9-6-32(7-10-35)44-39(31-4-2-1-3-5-31)14-8-33-27-37(52)12-16-40(33)44/h1-7,9-12,15-16,26-27,39,42,44,52H,8,13-14,17-25,28-30H2/t39-,42?,44+/m1/s1. The van der Waals surface area contributed by atoms with Crippen molar-refractivity contribution in [3.63, 3.8) is 0 Å². The topological polar surface area (TPSA) is 84.4 Å². The number of Topliss-reactive ketones (excluding diaryl/α,β-unsaturated/α-hetero) is 2. The highest BCUT2D eigenvalue weighted by Crippen LogP contribution is 2.47. The number of fused-ring (bicyclic) bond motifs is 2. The van der Waals surface area contributed by atoms with Gasteiger partial charge in [0.25, 0.3) is 5.91 Å². The van der Waals surface area contributed by atoms with Gasteiger partial charge in [0.05, 0.1) is 12.5 Å². The quantitative estimate of drug-likeness (QED) is 0.204. The van der Waals surface area contributed by atoms with Gasteiger partial charge in [0.2, 0.25) is 0 Å². The van der Waals surface area contributed by atoms with E-state index >= 15 is 4.39 Å². The number of amides is 1. The molecule has 0 bridgehead atoms. The van der Waals surface area contributed by atoms with Crippen molar-refractivity contribution in [3.05, 3.63) is 124 Å². The van der Waals surface area contributed by atoms with E-state index < -0.39 is 11.7 Å². The normalized spacial score (nSPS) is 24.2. The number of benzene rings is 4. The largest absolute Gasteiger partial charge is 0.508 e. The minimum Gasteiger partial charge on any atom is -0.508 e. The third kappa shape index (κ3) is 7.03. The molecule has 3 heterocycles. The zero-order valence-corrected chi connectivity index (χ0v) is 31.3. The fourth-order valence-electron chi connectivity index (χ4n) is 10.0. The minimum atomic E-state index is -1.22. The molecule has 284 valence electrons. The number of aromatic hydroxyl groups is 1. The summed E-state index contributed by atoms with van der Waals surface area (Å²) in [7, 11) is 0. The van der Waals surface area contributed by atoms with Crippen LogP contribution in [-0.4, -0.2) is 89.9 Å². The van der Waals surface area contributed by atoms with E-state index in [0.29, 0.717) is 69.1 Å². The summed E-state index contributed by atoms with van der Waals surface area (Å²) in [6, 6.07) is 31.0. The molecule has 1 N–H and O–H groups in total. The minimum absolute atomic E-state index is 0.0411. The SMILES string of the molecule is O=C1CCC(N2Cc3cc(N4CCN(CC5(F)CCN(c6ccc([C@@H]7c8ccc(O)cc8CC[C@@H]7c7ccccc7)cc6)CC5)CC4)ccc3C2=O)C(=O)C1. The summed E-state index contributed by atoms with van der Waals surface area (Å²) in [6.07, 6.45) is 3.65. The van der Waals surface area contributed by atoms with Gasteiger partial charge in [0, 0.05) is 94.5 Å². The monoisotopic (exact) mass is 740 g/mol. The maximum atomic E-state index is 16.4. The second kappa shape index (κ2) is 14.6. The van der Waals surface area contributed by atoms with Crippen LogP contribution in [-0.2, 0) is 22.6 Å². The Labute approximate surface area is 322 Å². The third-order valence-electron chi connectivity index (χ3n) is 13.1. The van der Waals surface area contributed by atoms with Crippen LogP contribution in [0.2, 0.25) is 0 Å². The molecule has 1 amide bonds. The van der Waals surface area contributed by atoms with Gasteiger partial charge in [-0.05, 0) is 95.5 Å². The average Bonchev–Trinajstić information content (AvgIpc) is 3.53. The van der Waals surface area contributed by atoms with Crippen molar-refractivity contribution in [2.45, 2.75) is 75.0 Å². The average molecular weight is 741 g/mol. The number of halogens is 1. The first-order valence-electron chi connectivity index (χ1n) is 20.1. The second-order valence-corrected chi connectivity index (χ2v) is 16.4. The van der Waals surface area contributed by atoms with Crippen LogP contribution in [0.25, 0.3) is 0 Å². The molecule has 1 saturated carbocycles. The summed E-state index contributed by atoms with van der Waals surface area (Å²) in [4.78, 5) is 46.0. The number of phenols is 1. The summed E-state index contributed by atoms with van der Waals surface area (Å²) in [5, 5.41) is 10.2. The molecule has 2 saturated heterocycles. The van der Waals surface area contributed by atoms with E-state index in [4.69, 9.17) is 0 Å². The van der Waals surface area contributed by atoms with Gasteiger partial charge in [-0.1, -0.05) is 48.5 Å². The van der Waals surface area contributed by atoms with Gasteiger partial charge < -0.3 is 19.8 Å². The fourth-order valence-corrected chi connectivity index (χ4v) is 10.0. The summed E-state index contributed by atoms with van der Waals surface area (Å²) in [5.41, 5.74) is 7.65. The van der Waals surface area contributed by atoms with E-state index in [1.54, 1.807) is 4.90 Å². The summed E-state index contributed by atoms with van der Waals surface area (Å²) in [6.45, 7) is 5.32. The van der Waals surface area contributed by atoms with Crippen molar-refractivity contribution >= 4 is 28.8 Å². The lowest BCUT2D eigenvalue weighted by Gasteiger charge is -2.43. The molecule has 2 aliphatic carbocycles. The van der Waals surface area contributed by atoms with Crippen LogP contribution in [0.5, 0.6) is 5.75 Å². The van der Waals surface area contributed by atoms with E-state index in [0.717, 1.165) is 56.0 Å². The number of aryl methyl sites for hydroxylation is 1. The van der Waals surface area contributed by atoms with Gasteiger partial charge in [-0.25, -0.2) is 4.39 Å². The predicted molar refractivity (Wildman–Crippen MR) is 212 cm³/mol. The molecule has 4 aromatic carbocycles. The van der Waals surface area contributed by atoms with E-state index in [1.165, 1.54) is 22.3 Å². The molecular formula is C46H49FN4O4. The van der Waals surface area contributed by atoms with Crippen LogP contribution in [0.3, 0.4) is 0 Å². The molecule has 3 aliphatic heterocycles. The smallest absolute Gasteiger partial charge is 0.255 e. The highest BCUT2D eigenvalue weighted by molar-refractivity contribution is 6.07. The Bertz CT molecular complexity index is 2090. The molecule has 0 spiro atoms. The van der Waals surface area contributed by atoms with Crippen LogP contribution in [0.4, 0.5) is 15.8 Å². The van der Waals surface area contributed by atoms with Crippen LogP contribution in [0, 0.1) is 0 Å². The number of hydrogen-bond donors (Lipinski definition) is 1. The van der Waals surface area contributed by atoms with E-state index in [1.807, 2.05) is 24.3 Å². The van der Waals surface area contributed by atoms with Gasteiger partial charge in [-0.3, -0.25) is 19.3 Å². The number of hydrogen-bond acceptors (Lipinski definition) is 7. The number of ketones is 2. The molecule has 0 aromatic heterocycles. The highest BCUT2D eigenvalue weighted by Gasteiger charge is 2.40. The maximum Gasteiger partial charge on any atom is 0.255 e. The third-order valence-corrected chi connectivity index (χ3v) is 13.1. The van der Waals surface area contributed by atoms with Crippen molar-refractivity contribution in [2.24, 2.45) is 0 Å². The first-order chi connectivity index (χ1) is 26.7. The Hall–Kier alpha value is -5.02. The summed E-state index contributed by atoms with van der Waals surface area (Å²) >= 11 is 0.